The van der Waals surface area contributed by atoms with Gasteiger partial charge in [0, 0.05) is 18.7 Å². The maximum absolute atomic E-state index is 13.5. The first-order valence-electron chi connectivity index (χ1n) is 6.41. The van der Waals surface area contributed by atoms with Gasteiger partial charge in [-0.05, 0) is 37.1 Å². The van der Waals surface area contributed by atoms with Crippen molar-refractivity contribution in [1.82, 2.24) is 5.32 Å². The van der Waals surface area contributed by atoms with Crippen LogP contribution in [-0.4, -0.2) is 29.3 Å². The Kier molecular flexibility index (Phi) is 6.45. The smallest absolute Gasteiger partial charge is 0.335 e. The molecule has 106 valence electrons. The number of halogens is 1. The minimum Gasteiger partial charge on any atom is -0.478 e. The molecule has 1 unspecified atom stereocenters. The van der Waals surface area contributed by atoms with Gasteiger partial charge in [-0.3, -0.25) is 0 Å². The second-order valence-corrected chi connectivity index (χ2v) is 4.53. The quantitative estimate of drug-likeness (QED) is 0.675. The predicted molar refractivity (Wildman–Crippen MR) is 70.5 cm³/mol. The van der Waals surface area contributed by atoms with Crippen molar-refractivity contribution in [2.75, 3.05) is 13.2 Å². The zero-order valence-electron chi connectivity index (χ0n) is 11.0. The minimum absolute atomic E-state index is 0.0839. The van der Waals surface area contributed by atoms with Crippen molar-refractivity contribution in [2.24, 2.45) is 5.92 Å². The normalized spacial score (nSPS) is 12.4. The molecule has 1 atom stereocenters. The fourth-order valence-electron chi connectivity index (χ4n) is 1.89. The third-order valence-corrected chi connectivity index (χ3v) is 3.16. The van der Waals surface area contributed by atoms with Crippen LogP contribution in [0.1, 0.15) is 35.7 Å². The third kappa shape index (κ3) is 4.96. The molecular weight excluding hydrogens is 249 g/mol. The summed E-state index contributed by atoms with van der Waals surface area (Å²) < 4.78 is 13.5. The summed E-state index contributed by atoms with van der Waals surface area (Å²) >= 11 is 0. The second-order valence-electron chi connectivity index (χ2n) is 4.53. The average Bonchev–Trinajstić information content (AvgIpc) is 2.39. The molecule has 0 saturated carbocycles. The molecule has 0 bridgehead atoms. The van der Waals surface area contributed by atoms with E-state index in [0.29, 0.717) is 24.4 Å². The van der Waals surface area contributed by atoms with Gasteiger partial charge in [0.15, 0.2) is 0 Å². The van der Waals surface area contributed by atoms with Crippen molar-refractivity contribution in [2.45, 2.75) is 26.3 Å². The summed E-state index contributed by atoms with van der Waals surface area (Å²) in [6.07, 6.45) is 1.65. The van der Waals surface area contributed by atoms with Crippen LogP contribution >= 0.6 is 0 Å². The Hall–Kier alpha value is -1.46. The van der Waals surface area contributed by atoms with E-state index >= 15 is 0 Å². The van der Waals surface area contributed by atoms with Crippen LogP contribution in [0.3, 0.4) is 0 Å². The van der Waals surface area contributed by atoms with E-state index in [1.165, 1.54) is 18.2 Å². The zero-order chi connectivity index (χ0) is 14.3. The number of aliphatic hydroxyl groups is 1. The number of carboxylic acids is 1. The van der Waals surface area contributed by atoms with Crippen molar-refractivity contribution < 1.29 is 19.4 Å². The topological polar surface area (TPSA) is 69.6 Å². The Morgan fingerprint density at radius 3 is 2.79 bits per heavy atom. The van der Waals surface area contributed by atoms with Crippen LogP contribution in [0, 0.1) is 11.7 Å². The molecule has 1 aromatic rings. The number of aromatic carboxylic acids is 1. The highest BCUT2D eigenvalue weighted by atomic mass is 19.1. The Morgan fingerprint density at radius 2 is 2.21 bits per heavy atom. The highest BCUT2D eigenvalue weighted by Crippen LogP contribution is 2.11. The number of carbonyl (C=O) groups is 1. The van der Waals surface area contributed by atoms with Gasteiger partial charge in [0.1, 0.15) is 5.82 Å². The van der Waals surface area contributed by atoms with Gasteiger partial charge in [0.25, 0.3) is 0 Å². The molecule has 1 aromatic carbocycles. The number of benzene rings is 1. The number of carboxylic acid groups (broad SMARTS) is 1. The summed E-state index contributed by atoms with van der Waals surface area (Å²) in [6.45, 7) is 3.14. The number of nitrogens with one attached hydrogen (secondary N) is 1. The highest BCUT2D eigenvalue weighted by molar-refractivity contribution is 5.87. The van der Waals surface area contributed by atoms with Crippen molar-refractivity contribution in [3.05, 3.63) is 35.1 Å². The number of hydrogen-bond donors (Lipinski definition) is 3. The van der Waals surface area contributed by atoms with Gasteiger partial charge in [-0.2, -0.15) is 0 Å². The monoisotopic (exact) mass is 269 g/mol. The Labute approximate surface area is 112 Å². The molecule has 0 amide bonds. The molecule has 0 heterocycles. The van der Waals surface area contributed by atoms with Crippen LogP contribution in [0.5, 0.6) is 0 Å². The molecule has 1 rings (SSSR count). The summed E-state index contributed by atoms with van der Waals surface area (Å²) in [5.41, 5.74) is 0.430. The van der Waals surface area contributed by atoms with E-state index in [-0.39, 0.29) is 18.7 Å². The molecule has 0 saturated heterocycles. The first-order valence-corrected chi connectivity index (χ1v) is 6.41. The van der Waals surface area contributed by atoms with Gasteiger partial charge in [-0.25, -0.2) is 9.18 Å². The van der Waals surface area contributed by atoms with Gasteiger partial charge in [0.05, 0.1) is 5.56 Å². The SMILES string of the molecule is CCC(CCO)CNCc1cc(C(=O)O)ccc1F. The number of hydrogen-bond acceptors (Lipinski definition) is 3. The summed E-state index contributed by atoms with van der Waals surface area (Å²) in [5, 5.41) is 20.8. The molecule has 3 N–H and O–H groups in total. The molecular formula is C14H20FNO3. The van der Waals surface area contributed by atoms with Gasteiger partial charge in [-0.1, -0.05) is 13.3 Å². The van der Waals surface area contributed by atoms with E-state index in [1.807, 2.05) is 6.92 Å². The molecule has 0 aliphatic rings. The average molecular weight is 269 g/mol. The number of aliphatic hydroxyl groups excluding tert-OH is 1. The molecule has 0 radical (unpaired) electrons. The van der Waals surface area contributed by atoms with E-state index in [1.54, 1.807) is 0 Å². The predicted octanol–water partition coefficient (Wildman–Crippen LogP) is 2.02. The molecule has 19 heavy (non-hydrogen) atoms. The molecule has 4 nitrogen and oxygen atoms in total. The van der Waals surface area contributed by atoms with Crippen LogP contribution in [-0.2, 0) is 6.54 Å². The summed E-state index contributed by atoms with van der Waals surface area (Å²) in [4.78, 5) is 10.8. The molecule has 0 aliphatic carbocycles. The lowest BCUT2D eigenvalue weighted by atomic mass is 10.0. The Morgan fingerprint density at radius 1 is 1.47 bits per heavy atom. The van der Waals surface area contributed by atoms with E-state index in [2.05, 4.69) is 5.32 Å². The van der Waals surface area contributed by atoms with Crippen molar-refractivity contribution in [1.29, 1.82) is 0 Å². The van der Waals surface area contributed by atoms with E-state index in [4.69, 9.17) is 10.2 Å². The van der Waals surface area contributed by atoms with Crippen LogP contribution < -0.4 is 5.32 Å². The molecule has 0 fully saturated rings. The second kappa shape index (κ2) is 7.86. The fraction of sp³-hybridized carbons (Fsp3) is 0.500. The van der Waals surface area contributed by atoms with Crippen LogP contribution in [0.25, 0.3) is 0 Å². The van der Waals surface area contributed by atoms with Crippen LogP contribution in [0.2, 0.25) is 0 Å². The van der Waals surface area contributed by atoms with Crippen molar-refractivity contribution in [3.63, 3.8) is 0 Å². The standard InChI is InChI=1S/C14H20FNO3/c1-2-10(5-6-17)8-16-9-12-7-11(14(18)19)3-4-13(12)15/h3-4,7,10,16-17H,2,5-6,8-9H2,1H3,(H,18,19). The molecule has 0 spiro atoms. The van der Waals surface area contributed by atoms with E-state index in [0.717, 1.165) is 6.42 Å². The lowest BCUT2D eigenvalue weighted by Crippen LogP contribution is -2.23. The molecule has 0 aromatic heterocycles. The van der Waals surface area contributed by atoms with Gasteiger partial charge in [-0.15, -0.1) is 0 Å². The minimum atomic E-state index is -1.06. The van der Waals surface area contributed by atoms with Crippen LogP contribution in [0.4, 0.5) is 4.39 Å². The molecule has 0 aliphatic heterocycles. The van der Waals surface area contributed by atoms with Gasteiger partial charge < -0.3 is 15.5 Å². The molecule has 5 heteroatoms. The maximum atomic E-state index is 13.5. The van der Waals surface area contributed by atoms with Crippen LogP contribution in [0.15, 0.2) is 18.2 Å². The van der Waals surface area contributed by atoms with E-state index < -0.39 is 11.8 Å². The zero-order valence-corrected chi connectivity index (χ0v) is 11.0. The Bertz CT molecular complexity index is 423. The first-order chi connectivity index (χ1) is 9.08. The summed E-state index contributed by atoms with van der Waals surface area (Å²) in [6, 6.07) is 3.77. The Balaban J connectivity index is 2.57. The maximum Gasteiger partial charge on any atom is 0.335 e. The highest BCUT2D eigenvalue weighted by Gasteiger charge is 2.09. The first kappa shape index (κ1) is 15.6. The largest absolute Gasteiger partial charge is 0.478 e. The van der Waals surface area contributed by atoms with Gasteiger partial charge >= 0.3 is 5.97 Å². The fourth-order valence-corrected chi connectivity index (χ4v) is 1.89. The van der Waals surface area contributed by atoms with Gasteiger partial charge in [0.2, 0.25) is 0 Å². The van der Waals surface area contributed by atoms with Crippen molar-refractivity contribution in [3.8, 4) is 0 Å². The van der Waals surface area contributed by atoms with E-state index in [9.17, 15) is 9.18 Å². The summed E-state index contributed by atoms with van der Waals surface area (Å²) in [7, 11) is 0. The third-order valence-electron chi connectivity index (χ3n) is 3.16. The van der Waals surface area contributed by atoms with Crippen molar-refractivity contribution >= 4 is 5.97 Å². The number of rotatable bonds is 8. The lowest BCUT2D eigenvalue weighted by molar-refractivity contribution is 0.0696. The lowest BCUT2D eigenvalue weighted by Gasteiger charge is -2.14. The summed E-state index contributed by atoms with van der Waals surface area (Å²) in [5.74, 6) is -1.13.